The summed E-state index contributed by atoms with van der Waals surface area (Å²) in [7, 11) is 0. The maximum absolute atomic E-state index is 12.5. The Labute approximate surface area is 468 Å². The van der Waals surface area contributed by atoms with E-state index in [-0.39, 0.29) is 18.5 Å². The zero-order valence-corrected chi connectivity index (χ0v) is 50.5. The fourth-order valence-electron chi connectivity index (χ4n) is 10.5. The molecule has 0 aromatic carbocycles. The van der Waals surface area contributed by atoms with Crippen LogP contribution in [0.2, 0.25) is 0 Å². The van der Waals surface area contributed by atoms with E-state index in [1.165, 1.54) is 283 Å². The number of aliphatic hydroxyl groups excluding tert-OH is 2. The van der Waals surface area contributed by atoms with Gasteiger partial charge in [-0.25, -0.2) is 0 Å². The third kappa shape index (κ3) is 61.2. The minimum absolute atomic E-state index is 0.00153. The molecule has 0 aliphatic heterocycles. The third-order valence-corrected chi connectivity index (χ3v) is 15.7. The summed E-state index contributed by atoms with van der Waals surface area (Å²) < 4.78 is 5.48. The van der Waals surface area contributed by atoms with E-state index < -0.39 is 12.1 Å². The highest BCUT2D eigenvalue weighted by molar-refractivity contribution is 5.76. The lowest BCUT2D eigenvalue weighted by Crippen LogP contribution is -2.45. The number of hydrogen-bond donors (Lipinski definition) is 3. The lowest BCUT2D eigenvalue weighted by Gasteiger charge is -2.22. The molecule has 0 rings (SSSR count). The molecule has 6 heteroatoms. The molecule has 1 amide bonds. The van der Waals surface area contributed by atoms with Crippen LogP contribution in [0.1, 0.15) is 367 Å². The van der Waals surface area contributed by atoms with Crippen LogP contribution in [0.3, 0.4) is 0 Å². The van der Waals surface area contributed by atoms with Gasteiger partial charge in [0.1, 0.15) is 0 Å². The van der Waals surface area contributed by atoms with Gasteiger partial charge in [0.05, 0.1) is 25.4 Å². The third-order valence-electron chi connectivity index (χ3n) is 15.7. The molecule has 0 spiro atoms. The van der Waals surface area contributed by atoms with E-state index in [4.69, 9.17) is 4.74 Å². The molecular formula is C69H131NO5. The van der Waals surface area contributed by atoms with Gasteiger partial charge in [0, 0.05) is 12.8 Å². The van der Waals surface area contributed by atoms with Crippen molar-refractivity contribution in [3.05, 3.63) is 36.5 Å². The molecule has 0 aromatic rings. The maximum Gasteiger partial charge on any atom is 0.305 e. The monoisotopic (exact) mass is 1050 g/mol. The largest absolute Gasteiger partial charge is 0.466 e. The second-order valence-corrected chi connectivity index (χ2v) is 23.1. The fraction of sp³-hybridized carbons (Fsp3) is 0.884. The molecule has 0 saturated heterocycles. The van der Waals surface area contributed by atoms with Gasteiger partial charge in [-0.05, 0) is 83.5 Å². The van der Waals surface area contributed by atoms with Crippen LogP contribution in [-0.4, -0.2) is 47.4 Å². The second-order valence-electron chi connectivity index (χ2n) is 23.1. The van der Waals surface area contributed by atoms with Crippen LogP contribution >= 0.6 is 0 Å². The molecular weight excluding hydrogens is 923 g/mol. The first-order valence-electron chi connectivity index (χ1n) is 33.7. The van der Waals surface area contributed by atoms with Crippen LogP contribution in [0.5, 0.6) is 0 Å². The zero-order chi connectivity index (χ0) is 54.3. The average molecular weight is 1050 g/mol. The number of carbonyl (C=O) groups excluding carboxylic acids is 2. The molecule has 2 unspecified atom stereocenters. The number of rotatable bonds is 63. The highest BCUT2D eigenvalue weighted by Crippen LogP contribution is 2.18. The van der Waals surface area contributed by atoms with Crippen LogP contribution < -0.4 is 5.32 Å². The summed E-state index contributed by atoms with van der Waals surface area (Å²) in [6, 6.07) is -0.547. The van der Waals surface area contributed by atoms with Crippen LogP contribution in [0.4, 0.5) is 0 Å². The molecule has 0 bridgehead atoms. The van der Waals surface area contributed by atoms with Gasteiger partial charge in [0.25, 0.3) is 0 Å². The normalized spacial score (nSPS) is 12.7. The zero-order valence-electron chi connectivity index (χ0n) is 50.5. The van der Waals surface area contributed by atoms with E-state index in [1.54, 1.807) is 0 Å². The Morgan fingerprint density at radius 2 is 0.667 bits per heavy atom. The van der Waals surface area contributed by atoms with Crippen LogP contribution in [0.25, 0.3) is 0 Å². The predicted octanol–water partition coefficient (Wildman–Crippen LogP) is 21.5. The molecule has 0 radical (unpaired) electrons. The van der Waals surface area contributed by atoms with Crippen molar-refractivity contribution in [3.8, 4) is 0 Å². The van der Waals surface area contributed by atoms with Crippen molar-refractivity contribution >= 4 is 11.9 Å². The second kappa shape index (κ2) is 64.6. The van der Waals surface area contributed by atoms with Gasteiger partial charge in [-0.2, -0.15) is 0 Å². The minimum atomic E-state index is -0.669. The van der Waals surface area contributed by atoms with Crippen LogP contribution in [0, 0.1) is 0 Å². The Morgan fingerprint density at radius 3 is 1.04 bits per heavy atom. The number of ether oxygens (including phenoxy) is 1. The molecule has 0 aliphatic carbocycles. The number of hydrogen-bond acceptors (Lipinski definition) is 5. The van der Waals surface area contributed by atoms with Gasteiger partial charge in [0.15, 0.2) is 0 Å². The summed E-state index contributed by atoms with van der Waals surface area (Å²) in [6.07, 6.45) is 81.7. The van der Waals surface area contributed by atoms with Crippen LogP contribution in [-0.2, 0) is 14.3 Å². The van der Waals surface area contributed by atoms with E-state index >= 15 is 0 Å². The van der Waals surface area contributed by atoms with Gasteiger partial charge >= 0.3 is 5.97 Å². The molecule has 0 fully saturated rings. The molecule has 0 aliphatic rings. The van der Waals surface area contributed by atoms with Crippen molar-refractivity contribution < 1.29 is 24.5 Å². The van der Waals surface area contributed by atoms with Crippen molar-refractivity contribution in [2.45, 2.75) is 379 Å². The molecule has 0 aromatic heterocycles. The molecule has 6 nitrogen and oxygen atoms in total. The van der Waals surface area contributed by atoms with Crippen molar-refractivity contribution in [2.24, 2.45) is 0 Å². The summed E-state index contributed by atoms with van der Waals surface area (Å²) in [5, 5.41) is 23.4. The Balaban J connectivity index is 3.42. The van der Waals surface area contributed by atoms with Crippen molar-refractivity contribution in [2.75, 3.05) is 13.2 Å². The highest BCUT2D eigenvalue weighted by atomic mass is 16.5. The van der Waals surface area contributed by atoms with E-state index in [0.717, 1.165) is 51.4 Å². The molecule has 0 heterocycles. The fourth-order valence-corrected chi connectivity index (χ4v) is 10.5. The topological polar surface area (TPSA) is 95.9 Å². The average Bonchev–Trinajstić information content (AvgIpc) is 3.41. The summed E-state index contributed by atoms with van der Waals surface area (Å²) >= 11 is 0. The first-order valence-corrected chi connectivity index (χ1v) is 33.7. The van der Waals surface area contributed by atoms with Gasteiger partial charge in [0.2, 0.25) is 5.91 Å². The number of allylic oxidation sites excluding steroid dienone is 6. The lowest BCUT2D eigenvalue weighted by molar-refractivity contribution is -0.143. The number of nitrogens with one attached hydrogen (secondary N) is 1. The van der Waals surface area contributed by atoms with Gasteiger partial charge < -0.3 is 20.3 Å². The highest BCUT2D eigenvalue weighted by Gasteiger charge is 2.20. The van der Waals surface area contributed by atoms with Crippen molar-refractivity contribution in [3.63, 3.8) is 0 Å². The first kappa shape index (κ1) is 73.1. The number of unbranched alkanes of at least 4 members (excludes halogenated alkanes) is 46. The number of esters is 1. The number of amides is 1. The molecule has 3 N–H and O–H groups in total. The molecule has 2 atom stereocenters. The van der Waals surface area contributed by atoms with E-state index in [1.807, 2.05) is 0 Å². The van der Waals surface area contributed by atoms with Crippen molar-refractivity contribution in [1.82, 2.24) is 5.32 Å². The Bertz CT molecular complexity index is 1210. The van der Waals surface area contributed by atoms with Gasteiger partial charge in [-0.1, -0.05) is 307 Å². The van der Waals surface area contributed by atoms with E-state index in [9.17, 15) is 19.8 Å². The SMILES string of the molecule is CCCCCC/C=C\C/C=C\CCCCCCCC(=O)OCCCCCCCCCCCCCC/C=C\CCCCCCCCCC(=O)NC(CO)C(O)CCCCCCCCCCCCCCCCCCCCC. The summed E-state index contributed by atoms with van der Waals surface area (Å²) in [4.78, 5) is 24.6. The summed E-state index contributed by atoms with van der Waals surface area (Å²) in [6.45, 7) is 4.95. The number of aliphatic hydroxyl groups is 2. The van der Waals surface area contributed by atoms with E-state index in [0.29, 0.717) is 25.9 Å². The lowest BCUT2D eigenvalue weighted by atomic mass is 10.0. The Kier molecular flexibility index (Phi) is 63.0. The Morgan fingerprint density at radius 1 is 0.373 bits per heavy atom. The van der Waals surface area contributed by atoms with E-state index in [2.05, 4.69) is 55.6 Å². The molecule has 0 saturated carbocycles. The van der Waals surface area contributed by atoms with Crippen LogP contribution in [0.15, 0.2) is 36.5 Å². The number of carbonyl (C=O) groups is 2. The predicted molar refractivity (Wildman–Crippen MR) is 329 cm³/mol. The standard InChI is InChI=1S/C69H131NO5/c1-3-5-7-9-11-13-15-17-19-21-27-30-33-37-41-45-49-53-57-61-67(72)66(65-71)70-68(73)62-58-54-50-46-42-38-34-31-28-25-23-22-24-26-29-32-36-40-44-48-52-56-60-64-75-69(74)63-59-55-51-47-43-39-35-20-18-16-14-12-10-8-6-4-2/h14,16,20,25,28,35,66-67,71-72H,3-13,15,17-19,21-24,26-27,29-34,36-65H2,1-2H3,(H,70,73)/b16-14-,28-25-,35-20-. The van der Waals surface area contributed by atoms with Gasteiger partial charge in [-0.3, -0.25) is 9.59 Å². The molecule has 75 heavy (non-hydrogen) atoms. The quantitative estimate of drug-likeness (QED) is 0.0320. The first-order chi connectivity index (χ1) is 37.0. The summed E-state index contributed by atoms with van der Waals surface area (Å²) in [5.74, 6) is -0.0400. The smallest absolute Gasteiger partial charge is 0.305 e. The van der Waals surface area contributed by atoms with Gasteiger partial charge in [-0.15, -0.1) is 0 Å². The Hall–Kier alpha value is -1.92. The molecule has 442 valence electrons. The van der Waals surface area contributed by atoms with Crippen molar-refractivity contribution in [1.29, 1.82) is 0 Å². The maximum atomic E-state index is 12.5. The summed E-state index contributed by atoms with van der Waals surface area (Å²) in [5.41, 5.74) is 0. The minimum Gasteiger partial charge on any atom is -0.466 e.